The first kappa shape index (κ1) is 14.5. The fourth-order valence-electron chi connectivity index (χ4n) is 1.59. The van der Waals surface area contributed by atoms with Gasteiger partial charge in [-0.15, -0.1) is 0 Å². The first-order valence-electron chi connectivity index (χ1n) is 6.12. The summed E-state index contributed by atoms with van der Waals surface area (Å²) in [4.78, 5) is 4.04. The molecule has 0 bridgehead atoms. The van der Waals surface area contributed by atoms with Crippen molar-refractivity contribution in [2.45, 2.75) is 45.8 Å². The first-order chi connectivity index (χ1) is 9.13. The van der Waals surface area contributed by atoms with E-state index in [-0.39, 0.29) is 11.5 Å². The highest BCUT2D eigenvalue weighted by Crippen LogP contribution is 2.36. The minimum Gasteiger partial charge on any atom is -0.334 e. The van der Waals surface area contributed by atoms with Crippen molar-refractivity contribution in [3.63, 3.8) is 0 Å². The molecule has 110 valence electrons. The molecule has 0 radical (unpaired) electrons. The number of hydrogen-bond acceptors (Lipinski definition) is 4. The van der Waals surface area contributed by atoms with Crippen molar-refractivity contribution in [2.75, 3.05) is 0 Å². The summed E-state index contributed by atoms with van der Waals surface area (Å²) >= 11 is 0. The molecule has 5 nitrogen and oxygen atoms in total. The minimum atomic E-state index is -4.56. The van der Waals surface area contributed by atoms with E-state index in [1.54, 1.807) is 6.92 Å². The van der Waals surface area contributed by atoms with E-state index >= 15 is 0 Å². The summed E-state index contributed by atoms with van der Waals surface area (Å²) in [6.45, 7) is 7.57. The normalized spacial score (nSPS) is 12.9. The van der Waals surface area contributed by atoms with Gasteiger partial charge in [0, 0.05) is 18.2 Å². The number of halogens is 3. The molecule has 20 heavy (non-hydrogen) atoms. The van der Waals surface area contributed by atoms with Crippen LogP contribution >= 0.6 is 0 Å². The second-order valence-electron chi connectivity index (χ2n) is 5.42. The monoisotopic (exact) mass is 288 g/mol. The van der Waals surface area contributed by atoms with Crippen molar-refractivity contribution in [3.8, 4) is 11.5 Å². The number of hydrogen-bond donors (Lipinski definition) is 0. The molecule has 2 rings (SSSR count). The molecule has 2 heterocycles. The van der Waals surface area contributed by atoms with Crippen LogP contribution in [-0.2, 0) is 18.1 Å². The van der Waals surface area contributed by atoms with Crippen LogP contribution in [0.1, 0.15) is 39.2 Å². The summed E-state index contributed by atoms with van der Waals surface area (Å²) in [5, 5.41) is 7.24. The van der Waals surface area contributed by atoms with Crippen LogP contribution in [0.5, 0.6) is 0 Å². The maximum absolute atomic E-state index is 13.0. The lowest BCUT2D eigenvalue weighted by atomic mass is 9.96. The molecule has 8 heteroatoms. The van der Waals surface area contributed by atoms with Crippen LogP contribution in [0.4, 0.5) is 13.2 Å². The SMILES string of the molecule is CCn1cc(-c2nc(C(C)(C)C)no2)c(C(F)(F)F)n1. The highest BCUT2D eigenvalue weighted by molar-refractivity contribution is 5.56. The molecule has 0 aliphatic heterocycles. The lowest BCUT2D eigenvalue weighted by Gasteiger charge is -2.10. The van der Waals surface area contributed by atoms with Gasteiger partial charge in [0.25, 0.3) is 5.89 Å². The van der Waals surface area contributed by atoms with Crippen LogP contribution in [0.15, 0.2) is 10.7 Å². The van der Waals surface area contributed by atoms with Crippen molar-refractivity contribution < 1.29 is 17.7 Å². The molecule has 0 amide bonds. The third kappa shape index (κ3) is 2.68. The molecule has 0 N–H and O–H groups in total. The summed E-state index contributed by atoms with van der Waals surface area (Å²) in [5.74, 6) is 0.187. The molecular weight excluding hydrogens is 273 g/mol. The molecule has 0 saturated carbocycles. The van der Waals surface area contributed by atoms with Gasteiger partial charge in [0.1, 0.15) is 0 Å². The van der Waals surface area contributed by atoms with E-state index in [9.17, 15) is 13.2 Å². The van der Waals surface area contributed by atoms with Gasteiger partial charge in [-0.1, -0.05) is 25.9 Å². The largest absolute Gasteiger partial charge is 0.435 e. The zero-order valence-corrected chi connectivity index (χ0v) is 11.6. The van der Waals surface area contributed by atoms with Crippen molar-refractivity contribution in [3.05, 3.63) is 17.7 Å². The summed E-state index contributed by atoms with van der Waals surface area (Å²) in [5.41, 5.74) is -1.60. The maximum atomic E-state index is 13.0. The molecule has 0 spiro atoms. The average molecular weight is 288 g/mol. The first-order valence-corrected chi connectivity index (χ1v) is 6.12. The van der Waals surface area contributed by atoms with Crippen LogP contribution < -0.4 is 0 Å². The zero-order chi connectivity index (χ0) is 15.1. The van der Waals surface area contributed by atoms with Gasteiger partial charge in [0.15, 0.2) is 11.5 Å². The topological polar surface area (TPSA) is 56.7 Å². The maximum Gasteiger partial charge on any atom is 0.435 e. The van der Waals surface area contributed by atoms with Gasteiger partial charge in [0.05, 0.1) is 5.56 Å². The Morgan fingerprint density at radius 1 is 1.25 bits per heavy atom. The fourth-order valence-corrected chi connectivity index (χ4v) is 1.59. The van der Waals surface area contributed by atoms with Gasteiger partial charge in [-0.25, -0.2) is 0 Å². The van der Waals surface area contributed by atoms with Gasteiger partial charge in [-0.3, -0.25) is 4.68 Å². The van der Waals surface area contributed by atoms with Crippen molar-refractivity contribution in [1.82, 2.24) is 19.9 Å². The summed E-state index contributed by atoms with van der Waals surface area (Å²) in [6.07, 6.45) is -3.30. The lowest BCUT2D eigenvalue weighted by molar-refractivity contribution is -0.141. The highest BCUT2D eigenvalue weighted by Gasteiger charge is 2.39. The standard InChI is InChI=1S/C12H15F3N4O/c1-5-19-6-7(8(17-19)12(13,14)15)9-16-10(18-20-9)11(2,3)4/h6H,5H2,1-4H3. The molecule has 0 atom stereocenters. The second-order valence-corrected chi connectivity index (χ2v) is 5.42. The van der Waals surface area contributed by atoms with E-state index in [0.29, 0.717) is 12.4 Å². The molecule has 0 aliphatic rings. The van der Waals surface area contributed by atoms with Crippen LogP contribution in [0.25, 0.3) is 11.5 Å². The molecule has 2 aromatic rings. The van der Waals surface area contributed by atoms with E-state index in [4.69, 9.17) is 4.52 Å². The Kier molecular flexibility index (Phi) is 3.35. The number of alkyl halides is 3. The quantitative estimate of drug-likeness (QED) is 0.851. The molecule has 0 aliphatic carbocycles. The Balaban J connectivity index is 2.52. The Bertz CT molecular complexity index is 607. The number of aromatic nitrogens is 4. The van der Waals surface area contributed by atoms with Crippen LogP contribution in [0.3, 0.4) is 0 Å². The molecular formula is C12H15F3N4O. The number of aryl methyl sites for hydroxylation is 1. The van der Waals surface area contributed by atoms with E-state index in [1.165, 1.54) is 10.9 Å². The third-order valence-electron chi connectivity index (χ3n) is 2.68. The van der Waals surface area contributed by atoms with E-state index < -0.39 is 17.3 Å². The second kappa shape index (κ2) is 4.60. The fraction of sp³-hybridized carbons (Fsp3) is 0.583. The Hall–Kier alpha value is -1.86. The van der Waals surface area contributed by atoms with Crippen molar-refractivity contribution in [2.24, 2.45) is 0 Å². The summed E-state index contributed by atoms with van der Waals surface area (Å²) < 4.78 is 45.0. The van der Waals surface area contributed by atoms with Gasteiger partial charge in [-0.2, -0.15) is 23.3 Å². The Morgan fingerprint density at radius 2 is 1.90 bits per heavy atom. The van der Waals surface area contributed by atoms with Gasteiger partial charge < -0.3 is 4.52 Å². The molecule has 0 saturated heterocycles. The highest BCUT2D eigenvalue weighted by atomic mass is 19.4. The third-order valence-corrected chi connectivity index (χ3v) is 2.68. The summed E-state index contributed by atoms with van der Waals surface area (Å²) in [7, 11) is 0. The van der Waals surface area contributed by atoms with Crippen molar-refractivity contribution in [1.29, 1.82) is 0 Å². The van der Waals surface area contributed by atoms with E-state index in [0.717, 1.165) is 0 Å². The smallest absolute Gasteiger partial charge is 0.334 e. The Morgan fingerprint density at radius 3 is 2.35 bits per heavy atom. The van der Waals surface area contributed by atoms with Gasteiger partial charge in [-0.05, 0) is 6.92 Å². The van der Waals surface area contributed by atoms with Crippen LogP contribution in [0, 0.1) is 0 Å². The van der Waals surface area contributed by atoms with Gasteiger partial charge in [0.2, 0.25) is 0 Å². The predicted octanol–water partition coefficient (Wildman–Crippen LogP) is 3.27. The van der Waals surface area contributed by atoms with Gasteiger partial charge >= 0.3 is 6.18 Å². The van der Waals surface area contributed by atoms with Crippen LogP contribution in [-0.4, -0.2) is 19.9 Å². The number of rotatable bonds is 2. The average Bonchev–Trinajstić information content (AvgIpc) is 2.93. The predicted molar refractivity (Wildman–Crippen MR) is 64.9 cm³/mol. The Labute approximate surface area is 113 Å². The van der Waals surface area contributed by atoms with Crippen LogP contribution in [0.2, 0.25) is 0 Å². The number of nitrogens with zero attached hydrogens (tertiary/aromatic N) is 4. The minimum absolute atomic E-state index is 0.165. The summed E-state index contributed by atoms with van der Waals surface area (Å²) in [6, 6.07) is 0. The zero-order valence-electron chi connectivity index (χ0n) is 11.6. The molecule has 0 unspecified atom stereocenters. The molecule has 0 aromatic carbocycles. The lowest BCUT2D eigenvalue weighted by Crippen LogP contribution is -2.13. The van der Waals surface area contributed by atoms with Crippen molar-refractivity contribution >= 4 is 0 Å². The molecule has 0 fully saturated rings. The van der Waals surface area contributed by atoms with E-state index in [1.807, 2.05) is 20.8 Å². The molecule has 2 aromatic heterocycles. The van der Waals surface area contributed by atoms with E-state index in [2.05, 4.69) is 15.2 Å².